The maximum atomic E-state index is 8.98. The fraction of sp³-hybridized carbons (Fsp3) is 0.704. The Morgan fingerprint density at radius 2 is 1.47 bits per heavy atom. The third kappa shape index (κ3) is 12.9. The highest BCUT2D eigenvalue weighted by Crippen LogP contribution is 2.22. The summed E-state index contributed by atoms with van der Waals surface area (Å²) in [5.41, 5.74) is 1.59. The SMILES string of the molecule is CCCCCCCCCCCCCCC[CH][C@@H](C)OCc1ccc(C#N)cc1OC. The number of methoxy groups -OCH3 is 1. The second-order valence-corrected chi connectivity index (χ2v) is 8.42. The zero-order valence-corrected chi connectivity index (χ0v) is 19.8. The molecule has 0 unspecified atom stereocenters. The van der Waals surface area contributed by atoms with E-state index in [1.54, 1.807) is 13.2 Å². The lowest BCUT2D eigenvalue weighted by molar-refractivity contribution is 0.0702. The quantitative estimate of drug-likeness (QED) is 0.214. The van der Waals surface area contributed by atoms with Crippen molar-refractivity contribution in [2.45, 2.75) is 116 Å². The van der Waals surface area contributed by atoms with Gasteiger partial charge >= 0.3 is 0 Å². The highest BCUT2D eigenvalue weighted by atomic mass is 16.5. The molecule has 30 heavy (non-hydrogen) atoms. The van der Waals surface area contributed by atoms with Crippen molar-refractivity contribution in [3.05, 3.63) is 35.7 Å². The number of hydrogen-bond acceptors (Lipinski definition) is 3. The van der Waals surface area contributed by atoms with Crippen LogP contribution in [0.3, 0.4) is 0 Å². The van der Waals surface area contributed by atoms with Gasteiger partial charge in [0.15, 0.2) is 0 Å². The van der Waals surface area contributed by atoms with Gasteiger partial charge in [-0.05, 0) is 31.9 Å². The van der Waals surface area contributed by atoms with Crippen LogP contribution in [-0.2, 0) is 11.3 Å². The van der Waals surface area contributed by atoms with E-state index in [4.69, 9.17) is 14.7 Å². The predicted molar refractivity (Wildman–Crippen MR) is 127 cm³/mol. The summed E-state index contributed by atoms with van der Waals surface area (Å²) in [7, 11) is 1.63. The molecule has 0 spiro atoms. The minimum absolute atomic E-state index is 0.127. The molecule has 3 heteroatoms. The van der Waals surface area contributed by atoms with Crippen molar-refractivity contribution in [2.75, 3.05) is 7.11 Å². The van der Waals surface area contributed by atoms with Crippen molar-refractivity contribution < 1.29 is 9.47 Å². The van der Waals surface area contributed by atoms with Gasteiger partial charge in [0.05, 0.1) is 31.5 Å². The van der Waals surface area contributed by atoms with E-state index >= 15 is 0 Å². The maximum Gasteiger partial charge on any atom is 0.125 e. The minimum atomic E-state index is 0.127. The summed E-state index contributed by atoms with van der Waals surface area (Å²) in [5.74, 6) is 0.720. The Morgan fingerprint density at radius 1 is 0.900 bits per heavy atom. The molecule has 0 amide bonds. The molecule has 0 aliphatic carbocycles. The number of hydrogen-bond donors (Lipinski definition) is 0. The van der Waals surface area contributed by atoms with Crippen LogP contribution in [0.15, 0.2) is 18.2 Å². The average molecular weight is 415 g/mol. The van der Waals surface area contributed by atoms with Gasteiger partial charge in [0.2, 0.25) is 0 Å². The maximum absolute atomic E-state index is 8.98. The molecular formula is C27H44NO2. The summed E-state index contributed by atoms with van der Waals surface area (Å²) in [6.45, 7) is 4.88. The number of nitriles is 1. The van der Waals surface area contributed by atoms with Gasteiger partial charge in [0.25, 0.3) is 0 Å². The van der Waals surface area contributed by atoms with Crippen LogP contribution in [0.25, 0.3) is 0 Å². The molecule has 1 radical (unpaired) electrons. The fourth-order valence-electron chi connectivity index (χ4n) is 3.74. The molecule has 0 saturated carbocycles. The molecule has 3 nitrogen and oxygen atoms in total. The summed E-state index contributed by atoms with van der Waals surface area (Å²) in [4.78, 5) is 0. The van der Waals surface area contributed by atoms with Gasteiger partial charge < -0.3 is 9.47 Å². The smallest absolute Gasteiger partial charge is 0.125 e. The molecule has 0 saturated heterocycles. The molecule has 0 N–H and O–H groups in total. The second kappa shape index (κ2) is 18.3. The van der Waals surface area contributed by atoms with Crippen LogP contribution < -0.4 is 4.74 Å². The van der Waals surface area contributed by atoms with Crippen molar-refractivity contribution >= 4 is 0 Å². The molecule has 1 rings (SSSR count). The van der Waals surface area contributed by atoms with Crippen molar-refractivity contribution in [3.8, 4) is 11.8 Å². The summed E-state index contributed by atoms with van der Waals surface area (Å²) in [5, 5.41) is 8.98. The number of rotatable bonds is 19. The summed E-state index contributed by atoms with van der Waals surface area (Å²) in [6, 6.07) is 7.62. The monoisotopic (exact) mass is 414 g/mol. The average Bonchev–Trinajstić information content (AvgIpc) is 2.77. The normalized spacial score (nSPS) is 11.9. The van der Waals surface area contributed by atoms with Gasteiger partial charge in [0.1, 0.15) is 5.75 Å². The summed E-state index contributed by atoms with van der Waals surface area (Å²) in [6.07, 6.45) is 21.6. The fourth-order valence-corrected chi connectivity index (χ4v) is 3.74. The molecule has 0 fully saturated rings. The Balaban J connectivity index is 1.95. The first kappa shape index (κ1) is 26.5. The van der Waals surface area contributed by atoms with Crippen LogP contribution in [0.4, 0.5) is 0 Å². The molecule has 0 bridgehead atoms. The first-order valence-corrected chi connectivity index (χ1v) is 12.2. The molecule has 0 aliphatic rings. The highest BCUT2D eigenvalue weighted by Gasteiger charge is 2.08. The van der Waals surface area contributed by atoms with Crippen molar-refractivity contribution in [2.24, 2.45) is 0 Å². The van der Waals surface area contributed by atoms with E-state index in [2.05, 4.69) is 26.3 Å². The van der Waals surface area contributed by atoms with Gasteiger partial charge in [0, 0.05) is 5.56 Å². The second-order valence-electron chi connectivity index (χ2n) is 8.42. The molecule has 0 heterocycles. The van der Waals surface area contributed by atoms with E-state index in [0.29, 0.717) is 12.2 Å². The third-order valence-corrected chi connectivity index (χ3v) is 5.72. The van der Waals surface area contributed by atoms with Gasteiger partial charge in [-0.1, -0.05) is 96.5 Å². The molecule has 0 aliphatic heterocycles. The van der Waals surface area contributed by atoms with Crippen LogP contribution in [0.5, 0.6) is 5.75 Å². The molecule has 1 atom stereocenters. The largest absolute Gasteiger partial charge is 0.496 e. The van der Waals surface area contributed by atoms with E-state index in [1.807, 2.05) is 12.1 Å². The lowest BCUT2D eigenvalue weighted by atomic mass is 10.0. The van der Waals surface area contributed by atoms with Crippen LogP contribution in [0.2, 0.25) is 0 Å². The Morgan fingerprint density at radius 3 is 2.00 bits per heavy atom. The van der Waals surface area contributed by atoms with Crippen LogP contribution in [-0.4, -0.2) is 13.2 Å². The van der Waals surface area contributed by atoms with E-state index in [-0.39, 0.29) is 6.10 Å². The van der Waals surface area contributed by atoms with Crippen LogP contribution >= 0.6 is 0 Å². The zero-order valence-electron chi connectivity index (χ0n) is 19.8. The summed E-state index contributed by atoms with van der Waals surface area (Å²) >= 11 is 0. The first-order valence-electron chi connectivity index (χ1n) is 12.2. The standard InChI is InChI=1S/C27H44NO2/c1-4-5-6-7-8-9-10-11-12-13-14-15-16-17-18-24(2)30-23-26-20-19-25(22-28)21-27(26)29-3/h18-21,24H,4-17,23H2,1-3H3/t24-/m1/s1. The topological polar surface area (TPSA) is 42.2 Å². The Kier molecular flexibility index (Phi) is 16.1. The Bertz CT molecular complexity index is 579. The van der Waals surface area contributed by atoms with E-state index in [1.165, 1.54) is 83.5 Å². The van der Waals surface area contributed by atoms with E-state index in [9.17, 15) is 0 Å². The number of nitrogens with zero attached hydrogens (tertiary/aromatic N) is 1. The molecule has 0 aromatic heterocycles. The zero-order chi connectivity index (χ0) is 21.9. The Labute approximate surface area is 186 Å². The van der Waals surface area contributed by atoms with Crippen molar-refractivity contribution in [3.63, 3.8) is 0 Å². The summed E-state index contributed by atoms with van der Waals surface area (Å²) < 4.78 is 11.3. The number of unbranched alkanes of at least 4 members (excludes halogenated alkanes) is 13. The molecular weight excluding hydrogens is 370 g/mol. The molecule has 1 aromatic rings. The van der Waals surface area contributed by atoms with E-state index < -0.39 is 0 Å². The lowest BCUT2D eigenvalue weighted by Gasteiger charge is -2.14. The lowest BCUT2D eigenvalue weighted by Crippen LogP contribution is -2.09. The third-order valence-electron chi connectivity index (χ3n) is 5.72. The van der Waals surface area contributed by atoms with Crippen molar-refractivity contribution in [1.82, 2.24) is 0 Å². The van der Waals surface area contributed by atoms with Gasteiger partial charge in [-0.2, -0.15) is 5.26 Å². The van der Waals surface area contributed by atoms with E-state index in [0.717, 1.165) is 17.7 Å². The first-order chi connectivity index (χ1) is 14.7. The van der Waals surface area contributed by atoms with Gasteiger partial charge in [-0.3, -0.25) is 0 Å². The Hall–Kier alpha value is -1.53. The highest BCUT2D eigenvalue weighted by molar-refractivity contribution is 5.42. The van der Waals surface area contributed by atoms with Crippen LogP contribution in [0.1, 0.15) is 115 Å². The van der Waals surface area contributed by atoms with Gasteiger partial charge in [-0.25, -0.2) is 0 Å². The minimum Gasteiger partial charge on any atom is -0.496 e. The predicted octanol–water partition coefficient (Wildman–Crippen LogP) is 8.16. The van der Waals surface area contributed by atoms with Crippen LogP contribution in [0, 0.1) is 17.8 Å². The number of benzene rings is 1. The van der Waals surface area contributed by atoms with Gasteiger partial charge in [-0.15, -0.1) is 0 Å². The molecule has 1 aromatic carbocycles. The van der Waals surface area contributed by atoms with Crippen molar-refractivity contribution in [1.29, 1.82) is 5.26 Å². The number of ether oxygens (including phenoxy) is 2. The molecule has 169 valence electrons.